The standard InChI is InChI=1S/C16H14F5NO4/c1-4-5-26-15(25)10-8(6-7(2)3)9(14(23)24)11(13(17)18)22-12(10)16(19,20)21/h1,7,13H,5-6H2,2-3H3,(H,23,24). The Kier molecular flexibility index (Phi) is 6.66. The van der Waals surface area contributed by atoms with E-state index < -0.39 is 71.6 Å². The van der Waals surface area contributed by atoms with Gasteiger partial charge in [-0.05, 0) is 17.9 Å². The highest BCUT2D eigenvalue weighted by Gasteiger charge is 2.43. The summed E-state index contributed by atoms with van der Waals surface area (Å²) in [7, 11) is 0. The van der Waals surface area contributed by atoms with Gasteiger partial charge >= 0.3 is 18.1 Å². The molecule has 0 atom stereocenters. The number of aromatic carboxylic acids is 1. The number of carbonyl (C=O) groups excluding carboxylic acids is 1. The van der Waals surface area contributed by atoms with E-state index in [-0.39, 0.29) is 0 Å². The van der Waals surface area contributed by atoms with Crippen LogP contribution < -0.4 is 0 Å². The second-order valence-electron chi connectivity index (χ2n) is 5.56. The van der Waals surface area contributed by atoms with E-state index in [2.05, 4.69) is 9.72 Å². The molecular weight excluding hydrogens is 365 g/mol. The predicted octanol–water partition coefficient (Wildman–Crippen LogP) is 3.72. The van der Waals surface area contributed by atoms with Gasteiger partial charge in [0.05, 0.1) is 11.1 Å². The quantitative estimate of drug-likeness (QED) is 0.463. The molecule has 0 amide bonds. The van der Waals surface area contributed by atoms with Gasteiger partial charge in [-0.25, -0.2) is 23.4 Å². The molecule has 0 fully saturated rings. The number of esters is 1. The fourth-order valence-corrected chi connectivity index (χ4v) is 2.27. The Labute approximate surface area is 145 Å². The summed E-state index contributed by atoms with van der Waals surface area (Å²) in [6.45, 7) is 2.34. The molecule has 0 aliphatic carbocycles. The molecule has 0 aliphatic heterocycles. The predicted molar refractivity (Wildman–Crippen MR) is 78.8 cm³/mol. The minimum absolute atomic E-state index is 0.395. The van der Waals surface area contributed by atoms with Crippen molar-refractivity contribution in [2.75, 3.05) is 6.61 Å². The third kappa shape index (κ3) is 4.68. The summed E-state index contributed by atoms with van der Waals surface area (Å²) >= 11 is 0. The lowest BCUT2D eigenvalue weighted by Crippen LogP contribution is -2.25. The maximum Gasteiger partial charge on any atom is 0.434 e. The smallest absolute Gasteiger partial charge is 0.434 e. The van der Waals surface area contributed by atoms with Gasteiger partial charge in [-0.1, -0.05) is 19.8 Å². The Balaban J connectivity index is 3.97. The number of hydrogen-bond donors (Lipinski definition) is 1. The molecule has 1 N–H and O–H groups in total. The molecule has 1 aromatic rings. The number of alkyl halides is 5. The van der Waals surface area contributed by atoms with Crippen LogP contribution in [-0.2, 0) is 17.3 Å². The highest BCUT2D eigenvalue weighted by Crippen LogP contribution is 2.37. The molecule has 10 heteroatoms. The summed E-state index contributed by atoms with van der Waals surface area (Å²) in [6, 6.07) is 0. The maximum atomic E-state index is 13.3. The monoisotopic (exact) mass is 379 g/mol. The number of carbonyl (C=O) groups is 2. The number of rotatable bonds is 6. The Bertz CT molecular complexity index is 750. The SMILES string of the molecule is C#CCOC(=O)c1c(C(F)(F)F)nc(C(F)F)c(C(=O)O)c1CC(C)C. The van der Waals surface area contributed by atoms with Crippen molar-refractivity contribution in [2.24, 2.45) is 5.92 Å². The van der Waals surface area contributed by atoms with E-state index in [0.717, 1.165) is 0 Å². The molecule has 26 heavy (non-hydrogen) atoms. The zero-order valence-corrected chi connectivity index (χ0v) is 13.7. The largest absolute Gasteiger partial charge is 0.478 e. The van der Waals surface area contributed by atoms with Gasteiger partial charge in [0.15, 0.2) is 12.3 Å². The van der Waals surface area contributed by atoms with Crippen LogP contribution >= 0.6 is 0 Å². The van der Waals surface area contributed by atoms with Gasteiger partial charge in [-0.2, -0.15) is 13.2 Å². The molecule has 0 unspecified atom stereocenters. The highest BCUT2D eigenvalue weighted by atomic mass is 19.4. The first kappa shape index (κ1) is 21.3. The maximum absolute atomic E-state index is 13.3. The number of carboxylic acid groups (broad SMARTS) is 1. The molecule has 0 radical (unpaired) electrons. The van der Waals surface area contributed by atoms with Crippen LogP contribution in [0.3, 0.4) is 0 Å². The summed E-state index contributed by atoms with van der Waals surface area (Å²) in [4.78, 5) is 26.3. The van der Waals surface area contributed by atoms with E-state index in [0.29, 0.717) is 0 Å². The molecule has 5 nitrogen and oxygen atoms in total. The van der Waals surface area contributed by atoms with Crippen LogP contribution in [0.15, 0.2) is 0 Å². The van der Waals surface area contributed by atoms with Gasteiger partial charge in [0.25, 0.3) is 6.43 Å². The van der Waals surface area contributed by atoms with E-state index in [1.165, 1.54) is 13.8 Å². The number of hydrogen-bond acceptors (Lipinski definition) is 4. The van der Waals surface area contributed by atoms with Crippen LogP contribution in [0, 0.1) is 18.3 Å². The van der Waals surface area contributed by atoms with Crippen LogP contribution in [0.25, 0.3) is 0 Å². The zero-order chi connectivity index (χ0) is 20.2. The summed E-state index contributed by atoms with van der Waals surface area (Å²) in [6.07, 6.45) is -4.40. The normalized spacial score (nSPS) is 11.5. The molecule has 0 bridgehead atoms. The van der Waals surface area contributed by atoms with Crippen molar-refractivity contribution in [1.82, 2.24) is 4.98 Å². The number of aromatic nitrogens is 1. The van der Waals surface area contributed by atoms with E-state index >= 15 is 0 Å². The Morgan fingerprint density at radius 1 is 1.27 bits per heavy atom. The summed E-state index contributed by atoms with van der Waals surface area (Å²) in [5.74, 6) is -2.09. The number of ether oxygens (including phenoxy) is 1. The number of nitrogens with zero attached hydrogens (tertiary/aromatic N) is 1. The van der Waals surface area contributed by atoms with Crippen molar-refractivity contribution in [3.8, 4) is 12.3 Å². The van der Waals surface area contributed by atoms with E-state index in [1.54, 1.807) is 0 Å². The average molecular weight is 379 g/mol. The molecule has 1 heterocycles. The minimum Gasteiger partial charge on any atom is -0.478 e. The van der Waals surface area contributed by atoms with Crippen LogP contribution in [0.2, 0.25) is 0 Å². The van der Waals surface area contributed by atoms with Gasteiger partial charge in [0.1, 0.15) is 5.69 Å². The summed E-state index contributed by atoms with van der Waals surface area (Å²) in [5, 5.41) is 9.25. The first-order valence-electron chi connectivity index (χ1n) is 7.17. The van der Waals surface area contributed by atoms with E-state index in [1.807, 2.05) is 5.92 Å². The van der Waals surface area contributed by atoms with Crippen LogP contribution in [0.1, 0.15) is 57.9 Å². The van der Waals surface area contributed by atoms with E-state index in [9.17, 15) is 36.6 Å². The minimum atomic E-state index is -5.29. The van der Waals surface area contributed by atoms with Crippen molar-refractivity contribution >= 4 is 11.9 Å². The van der Waals surface area contributed by atoms with Gasteiger partial charge in [0, 0.05) is 0 Å². The number of pyridine rings is 1. The molecule has 0 aliphatic rings. The molecule has 0 spiro atoms. The zero-order valence-electron chi connectivity index (χ0n) is 13.7. The lowest BCUT2D eigenvalue weighted by molar-refractivity contribution is -0.142. The third-order valence-electron chi connectivity index (χ3n) is 3.12. The van der Waals surface area contributed by atoms with Crippen LogP contribution in [-0.4, -0.2) is 28.6 Å². The molecule has 142 valence electrons. The number of carboxylic acids is 1. The number of halogens is 5. The van der Waals surface area contributed by atoms with Crippen LogP contribution in [0.5, 0.6) is 0 Å². The van der Waals surface area contributed by atoms with Crippen molar-refractivity contribution in [3.63, 3.8) is 0 Å². The molecule has 1 aromatic heterocycles. The molecule has 0 aromatic carbocycles. The number of terminal acetylenes is 1. The van der Waals surface area contributed by atoms with Gasteiger partial charge in [-0.15, -0.1) is 6.42 Å². The fourth-order valence-electron chi connectivity index (χ4n) is 2.27. The Morgan fingerprint density at radius 2 is 1.85 bits per heavy atom. The van der Waals surface area contributed by atoms with Crippen molar-refractivity contribution in [2.45, 2.75) is 32.9 Å². The first-order valence-corrected chi connectivity index (χ1v) is 7.17. The Morgan fingerprint density at radius 3 is 2.23 bits per heavy atom. The van der Waals surface area contributed by atoms with Crippen molar-refractivity contribution < 1.29 is 41.4 Å². The average Bonchev–Trinajstić information content (AvgIpc) is 2.49. The third-order valence-corrected chi connectivity index (χ3v) is 3.12. The topological polar surface area (TPSA) is 76.5 Å². The summed E-state index contributed by atoms with van der Waals surface area (Å²) in [5.41, 5.74) is -6.57. The van der Waals surface area contributed by atoms with Gasteiger partial charge in [0.2, 0.25) is 0 Å². The van der Waals surface area contributed by atoms with Crippen molar-refractivity contribution in [1.29, 1.82) is 0 Å². The van der Waals surface area contributed by atoms with Gasteiger partial charge < -0.3 is 9.84 Å². The van der Waals surface area contributed by atoms with E-state index in [4.69, 9.17) is 6.42 Å². The summed E-state index contributed by atoms with van der Waals surface area (Å²) < 4.78 is 70.8. The highest BCUT2D eigenvalue weighted by molar-refractivity contribution is 5.99. The lowest BCUT2D eigenvalue weighted by atomic mass is 9.91. The van der Waals surface area contributed by atoms with Crippen molar-refractivity contribution in [3.05, 3.63) is 28.1 Å². The van der Waals surface area contributed by atoms with Gasteiger partial charge in [-0.3, -0.25) is 0 Å². The molecular formula is C16H14F5NO4. The van der Waals surface area contributed by atoms with Crippen LogP contribution in [0.4, 0.5) is 22.0 Å². The molecule has 1 rings (SSSR count). The Hall–Kier alpha value is -2.70. The second-order valence-corrected chi connectivity index (χ2v) is 5.56. The second kappa shape index (κ2) is 8.12. The molecule has 0 saturated heterocycles. The fraction of sp³-hybridized carbons (Fsp3) is 0.438. The first-order chi connectivity index (χ1) is 11.9. The lowest BCUT2D eigenvalue weighted by Gasteiger charge is -2.20. The molecule has 0 saturated carbocycles.